The van der Waals surface area contributed by atoms with Crippen molar-refractivity contribution in [1.29, 1.82) is 0 Å². The van der Waals surface area contributed by atoms with Crippen LogP contribution in [0.25, 0.3) is 0 Å². The maximum atomic E-state index is 13.0. The van der Waals surface area contributed by atoms with Crippen molar-refractivity contribution in [2.24, 2.45) is 0 Å². The van der Waals surface area contributed by atoms with Gasteiger partial charge in [0.25, 0.3) is 5.91 Å². The second-order valence-electron chi connectivity index (χ2n) is 6.53. The molecule has 28 heavy (non-hydrogen) atoms. The summed E-state index contributed by atoms with van der Waals surface area (Å²) in [5.41, 5.74) is 2.06. The van der Waals surface area contributed by atoms with Gasteiger partial charge in [-0.15, -0.1) is 0 Å². The van der Waals surface area contributed by atoms with Crippen molar-refractivity contribution in [2.45, 2.75) is 23.9 Å². The van der Waals surface area contributed by atoms with Crippen molar-refractivity contribution in [3.63, 3.8) is 0 Å². The summed E-state index contributed by atoms with van der Waals surface area (Å²) in [6.45, 7) is 0.846. The third kappa shape index (κ3) is 3.80. The summed E-state index contributed by atoms with van der Waals surface area (Å²) >= 11 is 0. The molecule has 0 saturated carbocycles. The molecule has 144 valence electrons. The number of carbonyl (C=O) groups excluding carboxylic acids is 1. The third-order valence-corrected chi connectivity index (χ3v) is 6.12. The lowest BCUT2D eigenvalue weighted by Crippen LogP contribution is -2.34. The van der Waals surface area contributed by atoms with E-state index in [0.717, 1.165) is 11.1 Å². The molecule has 0 fully saturated rings. The first kappa shape index (κ1) is 18.3. The van der Waals surface area contributed by atoms with Gasteiger partial charge in [0.1, 0.15) is 12.7 Å². The first-order valence-electron chi connectivity index (χ1n) is 8.84. The van der Waals surface area contributed by atoms with Gasteiger partial charge in [-0.3, -0.25) is 9.48 Å². The van der Waals surface area contributed by atoms with Gasteiger partial charge in [-0.2, -0.15) is 5.10 Å². The van der Waals surface area contributed by atoms with Crippen LogP contribution in [0.15, 0.2) is 66.1 Å². The predicted octanol–water partition coefficient (Wildman–Crippen LogP) is 1.28. The number of nitrogens with one attached hydrogen (secondary N) is 2. The SMILES string of the molecule is O=C1NCCc2ccc(S(=O)(=O)NC(Cn3cncn3)c3ccccc3)cc21. The molecule has 1 aliphatic heterocycles. The maximum Gasteiger partial charge on any atom is 0.251 e. The molecule has 0 bridgehead atoms. The van der Waals surface area contributed by atoms with Crippen LogP contribution >= 0.6 is 0 Å². The Morgan fingerprint density at radius 3 is 2.75 bits per heavy atom. The van der Waals surface area contributed by atoms with Gasteiger partial charge >= 0.3 is 0 Å². The Kier molecular flexibility index (Phi) is 4.93. The van der Waals surface area contributed by atoms with Crippen LogP contribution in [0.5, 0.6) is 0 Å². The molecule has 2 aromatic carbocycles. The molecule has 0 spiro atoms. The van der Waals surface area contributed by atoms with Crippen molar-refractivity contribution < 1.29 is 13.2 Å². The minimum atomic E-state index is -3.86. The number of sulfonamides is 1. The zero-order valence-electron chi connectivity index (χ0n) is 14.9. The van der Waals surface area contributed by atoms with E-state index < -0.39 is 16.1 Å². The molecule has 0 aliphatic carbocycles. The number of hydrogen-bond donors (Lipinski definition) is 2. The van der Waals surface area contributed by atoms with Crippen LogP contribution in [0.2, 0.25) is 0 Å². The molecule has 3 aromatic rings. The average Bonchev–Trinajstić information content (AvgIpc) is 3.21. The van der Waals surface area contributed by atoms with E-state index in [2.05, 4.69) is 20.1 Å². The molecule has 0 radical (unpaired) electrons. The van der Waals surface area contributed by atoms with Crippen LogP contribution in [0.3, 0.4) is 0 Å². The standard InChI is InChI=1S/C19H19N5O3S/c25-19-17-10-16(7-6-14(17)8-9-21-19)28(26,27)23-18(11-24-13-20-12-22-24)15-4-2-1-3-5-15/h1-7,10,12-13,18,23H,8-9,11H2,(H,21,25). The normalized spacial score (nSPS) is 14.9. The number of hydrogen-bond acceptors (Lipinski definition) is 5. The number of amides is 1. The fourth-order valence-electron chi connectivity index (χ4n) is 3.22. The molecular formula is C19H19N5O3S. The Labute approximate surface area is 162 Å². The molecular weight excluding hydrogens is 378 g/mol. The zero-order chi connectivity index (χ0) is 19.6. The van der Waals surface area contributed by atoms with Crippen molar-refractivity contribution >= 4 is 15.9 Å². The van der Waals surface area contributed by atoms with E-state index >= 15 is 0 Å². The summed E-state index contributed by atoms with van der Waals surface area (Å²) in [7, 11) is -3.86. The molecule has 0 saturated heterocycles. The number of benzene rings is 2. The van der Waals surface area contributed by atoms with E-state index in [4.69, 9.17) is 0 Å². The van der Waals surface area contributed by atoms with Crippen LogP contribution in [0.4, 0.5) is 0 Å². The van der Waals surface area contributed by atoms with Crippen molar-refractivity contribution in [2.75, 3.05) is 6.54 Å². The smallest absolute Gasteiger partial charge is 0.251 e. The summed E-state index contributed by atoms with van der Waals surface area (Å²) in [5.74, 6) is -0.250. The quantitative estimate of drug-likeness (QED) is 0.652. The summed E-state index contributed by atoms with van der Waals surface area (Å²) in [6, 6.07) is 13.4. The van der Waals surface area contributed by atoms with Gasteiger partial charge in [-0.05, 0) is 29.7 Å². The number of fused-ring (bicyclic) bond motifs is 1. The van der Waals surface area contributed by atoms with Gasteiger partial charge in [-0.25, -0.2) is 18.1 Å². The van der Waals surface area contributed by atoms with Gasteiger partial charge < -0.3 is 5.32 Å². The van der Waals surface area contributed by atoms with Crippen LogP contribution in [0.1, 0.15) is 27.5 Å². The first-order valence-corrected chi connectivity index (χ1v) is 10.3. The second-order valence-corrected chi connectivity index (χ2v) is 8.24. The predicted molar refractivity (Wildman–Crippen MR) is 102 cm³/mol. The number of rotatable bonds is 6. The van der Waals surface area contributed by atoms with Gasteiger partial charge in [0.05, 0.1) is 17.5 Å². The lowest BCUT2D eigenvalue weighted by molar-refractivity contribution is 0.0945. The molecule has 2 N–H and O–H groups in total. The fraction of sp³-hybridized carbons (Fsp3) is 0.211. The largest absolute Gasteiger partial charge is 0.352 e. The van der Waals surface area contributed by atoms with Gasteiger partial charge in [0.15, 0.2) is 0 Å². The zero-order valence-corrected chi connectivity index (χ0v) is 15.8. The Bertz CT molecular complexity index is 1080. The van der Waals surface area contributed by atoms with Crippen LogP contribution < -0.4 is 10.0 Å². The van der Waals surface area contributed by atoms with Crippen molar-refractivity contribution in [3.8, 4) is 0 Å². The van der Waals surface area contributed by atoms with E-state index in [1.165, 1.54) is 24.8 Å². The molecule has 4 rings (SSSR count). The molecule has 8 nitrogen and oxygen atoms in total. The molecule has 2 heterocycles. The van der Waals surface area contributed by atoms with Gasteiger partial charge in [-0.1, -0.05) is 36.4 Å². The molecule has 1 aliphatic rings. The molecule has 1 unspecified atom stereocenters. The first-order chi connectivity index (χ1) is 13.5. The van der Waals surface area contributed by atoms with E-state index in [1.807, 2.05) is 30.3 Å². The highest BCUT2D eigenvalue weighted by atomic mass is 32.2. The molecule has 1 amide bonds. The molecule has 1 atom stereocenters. The van der Waals surface area contributed by atoms with E-state index in [-0.39, 0.29) is 17.3 Å². The second kappa shape index (κ2) is 7.53. The Balaban J connectivity index is 1.65. The number of aromatic nitrogens is 3. The minimum absolute atomic E-state index is 0.0582. The highest BCUT2D eigenvalue weighted by Crippen LogP contribution is 2.22. The third-order valence-electron chi connectivity index (χ3n) is 4.65. The number of carbonyl (C=O) groups is 1. The monoisotopic (exact) mass is 397 g/mol. The Morgan fingerprint density at radius 2 is 2.00 bits per heavy atom. The van der Waals surface area contributed by atoms with Crippen LogP contribution in [-0.4, -0.2) is 35.6 Å². The highest BCUT2D eigenvalue weighted by Gasteiger charge is 2.25. The van der Waals surface area contributed by atoms with Crippen molar-refractivity contribution in [3.05, 3.63) is 77.9 Å². The van der Waals surface area contributed by atoms with Gasteiger partial charge in [0, 0.05) is 12.1 Å². The number of nitrogens with zero attached hydrogens (tertiary/aromatic N) is 3. The lowest BCUT2D eigenvalue weighted by atomic mass is 10.0. The maximum absolute atomic E-state index is 13.0. The summed E-state index contributed by atoms with van der Waals surface area (Å²) in [5, 5.41) is 6.81. The molecule has 1 aromatic heterocycles. The fourth-order valence-corrected chi connectivity index (χ4v) is 4.46. The lowest BCUT2D eigenvalue weighted by Gasteiger charge is -2.21. The van der Waals surface area contributed by atoms with E-state index in [1.54, 1.807) is 10.7 Å². The average molecular weight is 397 g/mol. The van der Waals surface area contributed by atoms with E-state index in [9.17, 15) is 13.2 Å². The van der Waals surface area contributed by atoms with Crippen molar-refractivity contribution in [1.82, 2.24) is 24.8 Å². The summed E-state index contributed by atoms with van der Waals surface area (Å²) in [6.07, 6.45) is 3.62. The van der Waals surface area contributed by atoms with E-state index in [0.29, 0.717) is 18.5 Å². The summed E-state index contributed by atoms with van der Waals surface area (Å²) in [4.78, 5) is 16.0. The Morgan fingerprint density at radius 1 is 1.18 bits per heavy atom. The molecule has 9 heteroatoms. The topological polar surface area (TPSA) is 106 Å². The van der Waals surface area contributed by atoms with Crippen LogP contribution in [0, 0.1) is 0 Å². The Hall–Kier alpha value is -3.04. The minimum Gasteiger partial charge on any atom is -0.352 e. The van der Waals surface area contributed by atoms with Gasteiger partial charge in [0.2, 0.25) is 10.0 Å². The van der Waals surface area contributed by atoms with Crippen LogP contribution in [-0.2, 0) is 23.0 Å². The summed E-state index contributed by atoms with van der Waals surface area (Å²) < 4.78 is 30.4. The highest BCUT2D eigenvalue weighted by molar-refractivity contribution is 7.89.